The van der Waals surface area contributed by atoms with E-state index in [0.29, 0.717) is 16.5 Å². The molecule has 0 amide bonds. The Bertz CT molecular complexity index is 434. The van der Waals surface area contributed by atoms with Gasteiger partial charge >= 0.3 is 5.97 Å². The molecule has 0 spiro atoms. The lowest BCUT2D eigenvalue weighted by molar-refractivity contribution is -0.137. The Kier molecular flexibility index (Phi) is 3.67. The van der Waals surface area contributed by atoms with Gasteiger partial charge in [-0.1, -0.05) is 23.2 Å². The second-order valence-corrected chi connectivity index (χ2v) is 5.66. The standard InChI is InChI=1S/C11H10Cl2O2S/c12-8-1-2-9-7(11(8)13)3-6(5-16-9)4-10(14)15/h1-2,6H,3-5H2,(H,14,15). The van der Waals surface area contributed by atoms with Crippen molar-refractivity contribution in [1.29, 1.82) is 0 Å². The number of carboxylic acid groups (broad SMARTS) is 1. The first kappa shape index (κ1) is 12.1. The van der Waals surface area contributed by atoms with E-state index < -0.39 is 5.97 Å². The van der Waals surface area contributed by atoms with Crippen LogP contribution in [0, 0.1) is 5.92 Å². The van der Waals surface area contributed by atoms with Crippen LogP contribution in [0.5, 0.6) is 0 Å². The molecule has 1 atom stereocenters. The van der Waals surface area contributed by atoms with Gasteiger partial charge in [-0.3, -0.25) is 4.79 Å². The van der Waals surface area contributed by atoms with E-state index in [9.17, 15) is 4.79 Å². The SMILES string of the molecule is O=C(O)CC1CSc2ccc(Cl)c(Cl)c2C1. The molecule has 0 saturated carbocycles. The van der Waals surface area contributed by atoms with Gasteiger partial charge in [0, 0.05) is 17.1 Å². The lowest BCUT2D eigenvalue weighted by Crippen LogP contribution is -2.17. The van der Waals surface area contributed by atoms with Crippen molar-refractivity contribution in [2.24, 2.45) is 5.92 Å². The third-order valence-electron chi connectivity index (χ3n) is 2.58. The van der Waals surface area contributed by atoms with Gasteiger partial charge in [0.15, 0.2) is 0 Å². The Morgan fingerprint density at radius 1 is 1.50 bits per heavy atom. The number of rotatable bonds is 2. The molecule has 0 aliphatic carbocycles. The van der Waals surface area contributed by atoms with Gasteiger partial charge in [0.25, 0.3) is 0 Å². The molecule has 1 heterocycles. The Morgan fingerprint density at radius 2 is 2.25 bits per heavy atom. The first-order valence-corrected chi connectivity index (χ1v) is 6.63. The molecule has 1 aliphatic rings. The molecule has 86 valence electrons. The minimum absolute atomic E-state index is 0.144. The van der Waals surface area contributed by atoms with Crippen molar-refractivity contribution in [3.8, 4) is 0 Å². The molecule has 0 radical (unpaired) electrons. The fourth-order valence-electron chi connectivity index (χ4n) is 1.83. The minimum Gasteiger partial charge on any atom is -0.481 e. The Labute approximate surface area is 108 Å². The van der Waals surface area contributed by atoms with E-state index in [1.54, 1.807) is 17.8 Å². The number of carbonyl (C=O) groups is 1. The zero-order valence-corrected chi connectivity index (χ0v) is 10.7. The van der Waals surface area contributed by atoms with Gasteiger partial charge in [0.2, 0.25) is 0 Å². The largest absolute Gasteiger partial charge is 0.481 e. The number of hydrogen-bond acceptors (Lipinski definition) is 2. The molecule has 0 bridgehead atoms. The van der Waals surface area contributed by atoms with E-state index in [2.05, 4.69) is 0 Å². The summed E-state index contributed by atoms with van der Waals surface area (Å²) in [5.74, 6) is 0.218. The molecule has 0 saturated heterocycles. The van der Waals surface area contributed by atoms with Gasteiger partial charge < -0.3 is 5.11 Å². The van der Waals surface area contributed by atoms with E-state index in [4.69, 9.17) is 28.3 Å². The summed E-state index contributed by atoms with van der Waals surface area (Å²) >= 11 is 13.7. The molecule has 1 aliphatic heterocycles. The Balaban J connectivity index is 2.25. The van der Waals surface area contributed by atoms with E-state index in [1.807, 2.05) is 6.07 Å². The van der Waals surface area contributed by atoms with Crippen LogP contribution in [-0.4, -0.2) is 16.8 Å². The average Bonchev–Trinajstić information content (AvgIpc) is 2.23. The molecule has 0 fully saturated rings. The summed E-state index contributed by atoms with van der Waals surface area (Å²) in [7, 11) is 0. The number of thioether (sulfide) groups is 1. The summed E-state index contributed by atoms with van der Waals surface area (Å²) in [5.41, 5.74) is 0.997. The highest BCUT2D eigenvalue weighted by molar-refractivity contribution is 7.99. The number of benzene rings is 1. The van der Waals surface area contributed by atoms with Gasteiger partial charge in [0.1, 0.15) is 0 Å². The van der Waals surface area contributed by atoms with Crippen LogP contribution < -0.4 is 0 Å². The number of halogens is 2. The second kappa shape index (κ2) is 4.86. The van der Waals surface area contributed by atoms with Crippen LogP contribution in [0.2, 0.25) is 10.0 Å². The maximum Gasteiger partial charge on any atom is 0.303 e. The maximum absolute atomic E-state index is 10.7. The molecule has 16 heavy (non-hydrogen) atoms. The highest BCUT2D eigenvalue weighted by Crippen LogP contribution is 2.40. The van der Waals surface area contributed by atoms with Crippen LogP contribution in [0.25, 0.3) is 0 Å². The predicted octanol–water partition coefficient (Wildman–Crippen LogP) is 3.73. The van der Waals surface area contributed by atoms with Gasteiger partial charge in [-0.2, -0.15) is 0 Å². The molecule has 5 heteroatoms. The molecule has 2 rings (SSSR count). The summed E-state index contributed by atoms with van der Waals surface area (Å²) in [6.45, 7) is 0. The summed E-state index contributed by atoms with van der Waals surface area (Å²) in [4.78, 5) is 11.8. The average molecular weight is 277 g/mol. The van der Waals surface area contributed by atoms with Crippen molar-refractivity contribution < 1.29 is 9.90 Å². The number of aliphatic carboxylic acids is 1. The van der Waals surface area contributed by atoms with Crippen molar-refractivity contribution in [2.45, 2.75) is 17.7 Å². The highest BCUT2D eigenvalue weighted by Gasteiger charge is 2.24. The van der Waals surface area contributed by atoms with Crippen LogP contribution >= 0.6 is 35.0 Å². The van der Waals surface area contributed by atoms with E-state index in [-0.39, 0.29) is 12.3 Å². The quantitative estimate of drug-likeness (QED) is 0.894. The summed E-state index contributed by atoms with van der Waals surface area (Å²) in [6, 6.07) is 3.73. The fourth-order valence-corrected chi connectivity index (χ4v) is 3.48. The molecular weight excluding hydrogens is 267 g/mol. The molecule has 2 nitrogen and oxygen atoms in total. The third-order valence-corrected chi connectivity index (χ3v) is 4.76. The lowest BCUT2D eigenvalue weighted by atomic mass is 9.97. The molecule has 1 unspecified atom stereocenters. The summed E-state index contributed by atoms with van der Waals surface area (Å²) in [6.07, 6.45) is 0.892. The molecule has 1 aromatic rings. The van der Waals surface area contributed by atoms with Gasteiger partial charge in [-0.25, -0.2) is 0 Å². The first-order valence-electron chi connectivity index (χ1n) is 4.89. The molecule has 0 aromatic heterocycles. The zero-order valence-electron chi connectivity index (χ0n) is 8.37. The predicted molar refractivity (Wildman–Crippen MR) is 66.6 cm³/mol. The van der Waals surface area contributed by atoms with Crippen LogP contribution in [-0.2, 0) is 11.2 Å². The second-order valence-electron chi connectivity index (χ2n) is 3.82. The van der Waals surface area contributed by atoms with Crippen LogP contribution in [0.4, 0.5) is 0 Å². The smallest absolute Gasteiger partial charge is 0.303 e. The third kappa shape index (κ3) is 2.47. The van der Waals surface area contributed by atoms with E-state index in [0.717, 1.165) is 16.2 Å². The van der Waals surface area contributed by atoms with Gasteiger partial charge in [-0.15, -0.1) is 11.8 Å². The molecule has 1 aromatic carbocycles. The lowest BCUT2D eigenvalue weighted by Gasteiger charge is -2.24. The number of hydrogen-bond donors (Lipinski definition) is 1. The maximum atomic E-state index is 10.7. The normalized spacial score (nSPS) is 19.2. The monoisotopic (exact) mass is 276 g/mol. The minimum atomic E-state index is -0.757. The fraction of sp³-hybridized carbons (Fsp3) is 0.364. The molecule has 1 N–H and O–H groups in total. The van der Waals surface area contributed by atoms with E-state index >= 15 is 0 Å². The first-order chi connectivity index (χ1) is 7.58. The Hall–Kier alpha value is -0.380. The highest BCUT2D eigenvalue weighted by atomic mass is 35.5. The molecular formula is C11H10Cl2O2S. The van der Waals surface area contributed by atoms with Crippen molar-refractivity contribution >= 4 is 40.9 Å². The number of carboxylic acids is 1. The van der Waals surface area contributed by atoms with Crippen molar-refractivity contribution in [3.05, 3.63) is 27.7 Å². The topological polar surface area (TPSA) is 37.3 Å². The van der Waals surface area contributed by atoms with Gasteiger partial charge in [0.05, 0.1) is 10.0 Å². The van der Waals surface area contributed by atoms with E-state index in [1.165, 1.54) is 0 Å². The van der Waals surface area contributed by atoms with Crippen LogP contribution in [0.3, 0.4) is 0 Å². The van der Waals surface area contributed by atoms with Crippen LogP contribution in [0.1, 0.15) is 12.0 Å². The Morgan fingerprint density at radius 3 is 2.94 bits per heavy atom. The van der Waals surface area contributed by atoms with Crippen molar-refractivity contribution in [2.75, 3.05) is 5.75 Å². The van der Waals surface area contributed by atoms with Crippen LogP contribution in [0.15, 0.2) is 17.0 Å². The number of fused-ring (bicyclic) bond motifs is 1. The van der Waals surface area contributed by atoms with Crippen molar-refractivity contribution in [3.63, 3.8) is 0 Å². The zero-order chi connectivity index (χ0) is 11.7. The van der Waals surface area contributed by atoms with Crippen molar-refractivity contribution in [1.82, 2.24) is 0 Å². The summed E-state index contributed by atoms with van der Waals surface area (Å²) in [5, 5.41) is 9.88. The van der Waals surface area contributed by atoms with Gasteiger partial charge in [-0.05, 0) is 30.0 Å². The summed E-state index contributed by atoms with van der Waals surface area (Å²) < 4.78 is 0.